The number of nitriles is 1. The van der Waals surface area contributed by atoms with E-state index < -0.39 is 8.07 Å². The minimum absolute atomic E-state index is 0.348. The summed E-state index contributed by atoms with van der Waals surface area (Å²) in [6, 6.07) is 17.9. The maximum atomic E-state index is 11.9. The Labute approximate surface area is 190 Å². The van der Waals surface area contributed by atoms with Gasteiger partial charge in [-0.2, -0.15) is 5.26 Å². The van der Waals surface area contributed by atoms with Crippen LogP contribution in [0.2, 0.25) is 19.6 Å². The Bertz CT molecular complexity index is 1200. The summed E-state index contributed by atoms with van der Waals surface area (Å²) in [5.41, 5.74) is 8.05. The van der Waals surface area contributed by atoms with Gasteiger partial charge in [0, 0.05) is 11.1 Å². The topological polar surface area (TPSA) is 58.9 Å². The van der Waals surface area contributed by atoms with Crippen LogP contribution in [0.4, 0.5) is 0 Å². The Morgan fingerprint density at radius 1 is 1.16 bits per heavy atom. The number of methoxy groups -OCH3 is 1. The van der Waals surface area contributed by atoms with Crippen LogP contribution in [0.3, 0.4) is 0 Å². The molecule has 0 aliphatic carbocycles. The molecule has 5 nitrogen and oxygen atoms in total. The number of aromatic nitrogens is 2. The molecule has 1 aromatic heterocycles. The molecule has 0 atom stereocenters. The number of hydrogen-bond donors (Lipinski definition) is 0. The fraction of sp³-hybridized carbons (Fsp3) is 0.269. The molecule has 0 saturated heterocycles. The maximum absolute atomic E-state index is 11.9. The van der Waals surface area contributed by atoms with Gasteiger partial charge >= 0.3 is 5.97 Å². The number of imidazole rings is 1. The van der Waals surface area contributed by atoms with Gasteiger partial charge in [0.05, 0.1) is 25.2 Å². The molecule has 2 aromatic carbocycles. The van der Waals surface area contributed by atoms with Crippen molar-refractivity contribution in [2.24, 2.45) is 0 Å². The molecule has 0 amide bonds. The van der Waals surface area contributed by atoms with Crippen molar-refractivity contribution in [2.75, 3.05) is 7.11 Å². The molecule has 162 valence electrons. The molecule has 1 heterocycles. The van der Waals surface area contributed by atoms with Gasteiger partial charge in [0.25, 0.3) is 0 Å². The van der Waals surface area contributed by atoms with Crippen LogP contribution in [-0.4, -0.2) is 25.7 Å². The van der Waals surface area contributed by atoms with Gasteiger partial charge in [-0.15, -0.1) is 5.54 Å². The minimum Gasteiger partial charge on any atom is -0.465 e. The summed E-state index contributed by atoms with van der Waals surface area (Å²) in [5, 5.41) is 8.98. The summed E-state index contributed by atoms with van der Waals surface area (Å²) in [6.45, 7) is 7.92. The van der Waals surface area contributed by atoms with Crippen LogP contribution in [-0.2, 0) is 17.8 Å². The average molecular weight is 443 g/mol. The summed E-state index contributed by atoms with van der Waals surface area (Å²) < 4.78 is 9.01. The first-order chi connectivity index (χ1) is 15.3. The van der Waals surface area contributed by atoms with Crippen LogP contribution in [0, 0.1) is 22.8 Å². The summed E-state index contributed by atoms with van der Waals surface area (Å²) in [4.78, 5) is 11.9. The largest absolute Gasteiger partial charge is 0.465 e. The van der Waals surface area contributed by atoms with E-state index in [9.17, 15) is 4.79 Å². The Balaban J connectivity index is 1.94. The third-order valence-corrected chi connectivity index (χ3v) is 5.71. The zero-order valence-corrected chi connectivity index (χ0v) is 20.1. The van der Waals surface area contributed by atoms with Crippen LogP contribution < -0.4 is 4.57 Å². The number of benzene rings is 2. The molecule has 0 aliphatic heterocycles. The van der Waals surface area contributed by atoms with E-state index in [0.29, 0.717) is 25.1 Å². The van der Waals surface area contributed by atoms with Crippen molar-refractivity contribution in [3.05, 3.63) is 77.7 Å². The number of esters is 1. The van der Waals surface area contributed by atoms with E-state index in [-0.39, 0.29) is 5.97 Å². The second kappa shape index (κ2) is 10.1. The number of carbonyl (C=O) groups excluding carboxylic acids is 1. The fourth-order valence-corrected chi connectivity index (χ4v) is 3.79. The third kappa shape index (κ3) is 6.20. The molecule has 32 heavy (non-hydrogen) atoms. The molecule has 0 spiro atoms. The van der Waals surface area contributed by atoms with Crippen molar-refractivity contribution >= 4 is 14.0 Å². The van der Waals surface area contributed by atoms with E-state index in [1.165, 1.54) is 7.11 Å². The van der Waals surface area contributed by atoms with Gasteiger partial charge in [-0.1, -0.05) is 37.7 Å². The van der Waals surface area contributed by atoms with Crippen molar-refractivity contribution in [2.45, 2.75) is 39.2 Å². The molecule has 0 N–H and O–H groups in total. The van der Waals surface area contributed by atoms with Crippen molar-refractivity contribution in [3.8, 4) is 28.8 Å². The lowest BCUT2D eigenvalue weighted by Crippen LogP contribution is -2.30. The van der Waals surface area contributed by atoms with Crippen LogP contribution in [0.25, 0.3) is 11.3 Å². The molecular weight excluding hydrogens is 414 g/mol. The number of rotatable bonds is 6. The number of nitrogens with zero attached hydrogens (tertiary/aromatic N) is 3. The number of carbonyl (C=O) groups is 1. The van der Waals surface area contributed by atoms with E-state index >= 15 is 0 Å². The second-order valence-electron chi connectivity index (χ2n) is 8.67. The first kappa shape index (κ1) is 23.1. The van der Waals surface area contributed by atoms with Crippen LogP contribution in [0.1, 0.15) is 27.9 Å². The molecule has 0 fully saturated rings. The Morgan fingerprint density at radius 2 is 1.91 bits per heavy atom. The van der Waals surface area contributed by atoms with Crippen molar-refractivity contribution < 1.29 is 14.1 Å². The highest BCUT2D eigenvalue weighted by Crippen LogP contribution is 2.21. The first-order valence-corrected chi connectivity index (χ1v) is 14.1. The van der Waals surface area contributed by atoms with Gasteiger partial charge in [-0.25, -0.2) is 13.9 Å². The van der Waals surface area contributed by atoms with Gasteiger partial charge in [-0.05, 0) is 42.0 Å². The lowest BCUT2D eigenvalue weighted by Gasteiger charge is -2.05. The summed E-state index contributed by atoms with van der Waals surface area (Å²) in [7, 11) is -0.0389. The average Bonchev–Trinajstić information content (AvgIpc) is 3.18. The highest BCUT2D eigenvalue weighted by atomic mass is 28.3. The lowest BCUT2D eigenvalue weighted by molar-refractivity contribution is -0.695. The summed E-state index contributed by atoms with van der Waals surface area (Å²) in [5.74, 6) is 2.94. The minimum atomic E-state index is -1.42. The van der Waals surface area contributed by atoms with Crippen molar-refractivity contribution in [3.63, 3.8) is 0 Å². The Hall–Kier alpha value is -3.61. The summed E-state index contributed by atoms with van der Waals surface area (Å²) >= 11 is 0. The van der Waals surface area contributed by atoms with Crippen LogP contribution in [0.15, 0.2) is 61.1 Å². The normalized spacial score (nSPS) is 10.7. The number of aryl methyl sites for hydroxylation is 1. The Kier molecular flexibility index (Phi) is 7.30. The lowest BCUT2D eigenvalue weighted by atomic mass is 10.1. The number of ether oxygens (including phenoxy) is 1. The van der Waals surface area contributed by atoms with E-state index in [1.54, 1.807) is 6.07 Å². The maximum Gasteiger partial charge on any atom is 0.337 e. The van der Waals surface area contributed by atoms with E-state index in [0.717, 1.165) is 22.4 Å². The van der Waals surface area contributed by atoms with Crippen molar-refractivity contribution in [1.29, 1.82) is 5.26 Å². The van der Waals surface area contributed by atoms with Gasteiger partial charge in [0.2, 0.25) is 6.33 Å². The molecule has 0 bridgehead atoms. The molecule has 0 unspecified atom stereocenters. The first-order valence-electron chi connectivity index (χ1n) is 10.6. The molecule has 0 radical (unpaired) electrons. The van der Waals surface area contributed by atoms with Gasteiger partial charge < -0.3 is 4.74 Å². The van der Waals surface area contributed by atoms with E-state index in [4.69, 9.17) is 10.00 Å². The third-order valence-electron chi connectivity index (χ3n) is 4.83. The smallest absolute Gasteiger partial charge is 0.337 e. The predicted molar refractivity (Wildman–Crippen MR) is 127 cm³/mol. The molecule has 3 aromatic rings. The molecule has 0 aliphatic rings. The fourth-order valence-electron chi connectivity index (χ4n) is 3.27. The van der Waals surface area contributed by atoms with Gasteiger partial charge in [0.15, 0.2) is 5.69 Å². The van der Waals surface area contributed by atoms with Crippen LogP contribution >= 0.6 is 0 Å². The highest BCUT2D eigenvalue weighted by molar-refractivity contribution is 6.83. The molecule has 3 rings (SSSR count). The quantitative estimate of drug-likeness (QED) is 0.246. The number of hydrogen-bond acceptors (Lipinski definition) is 3. The molecule has 6 heteroatoms. The van der Waals surface area contributed by atoms with E-state index in [1.807, 2.05) is 29.1 Å². The van der Waals surface area contributed by atoms with Crippen molar-refractivity contribution in [1.82, 2.24) is 4.57 Å². The van der Waals surface area contributed by atoms with Crippen LogP contribution in [0.5, 0.6) is 0 Å². The van der Waals surface area contributed by atoms with E-state index in [2.05, 4.69) is 72.2 Å². The van der Waals surface area contributed by atoms with Gasteiger partial charge in [-0.3, -0.25) is 0 Å². The zero-order valence-electron chi connectivity index (χ0n) is 19.1. The van der Waals surface area contributed by atoms with Gasteiger partial charge in [0.1, 0.15) is 27.4 Å². The predicted octanol–water partition coefficient (Wildman–Crippen LogP) is 4.42. The standard InChI is InChI=1S/C26H28N3O2Si/c1-31-26(30)24-8-5-7-22(17-24)18-29-20-28(15-6-14-27)19-25(29)23-11-9-21(10-12-23)13-16-32(2,3)4/h5,7-12,17,19-20H,6,15,18H2,1-4H3/q+1. The SMILES string of the molecule is COC(=O)c1cccc(Cn2c[n+](CCC#N)cc2-c2ccc(C#C[Si](C)(C)C)cc2)c1. The Morgan fingerprint density at radius 3 is 2.56 bits per heavy atom. The molecule has 0 saturated carbocycles. The monoisotopic (exact) mass is 442 g/mol. The molecular formula is C26H28N3O2Si+. The zero-order chi connectivity index (χ0) is 23.1. The second-order valence-corrected chi connectivity index (χ2v) is 13.4. The highest BCUT2D eigenvalue weighted by Gasteiger charge is 2.17. The summed E-state index contributed by atoms with van der Waals surface area (Å²) in [6.07, 6.45) is 4.51.